The topological polar surface area (TPSA) is 51.3 Å². The number of benzene rings is 2. The number of nitrogens with zero attached hydrogens (tertiary/aromatic N) is 3. The van der Waals surface area contributed by atoms with Crippen LogP contribution in [0, 0.1) is 0 Å². The Kier molecular flexibility index (Phi) is 4.76. The van der Waals surface area contributed by atoms with E-state index in [1.807, 2.05) is 35.2 Å². The molecule has 0 spiro atoms. The molecule has 2 aromatic heterocycles. The zero-order chi connectivity index (χ0) is 19.8. The number of para-hydroxylation sites is 1. The number of aryl methyl sites for hydroxylation is 1. The molecule has 1 aliphatic rings. The van der Waals surface area contributed by atoms with Crippen molar-refractivity contribution in [2.45, 2.75) is 31.7 Å². The summed E-state index contributed by atoms with van der Waals surface area (Å²) in [4.78, 5) is 19.3. The average molecular weight is 408 g/mol. The fraction of sp³-hybridized carbons (Fsp3) is 0.304. The number of carbonyl (C=O) groups is 1. The molecule has 1 saturated heterocycles. The van der Waals surface area contributed by atoms with Crippen LogP contribution in [-0.4, -0.2) is 33.4 Å². The van der Waals surface area contributed by atoms with Gasteiger partial charge in [-0.1, -0.05) is 29.8 Å². The highest BCUT2D eigenvalue weighted by molar-refractivity contribution is 6.31. The van der Waals surface area contributed by atoms with E-state index in [1.54, 1.807) is 0 Å². The van der Waals surface area contributed by atoms with Crippen molar-refractivity contribution in [3.05, 3.63) is 65.6 Å². The first kappa shape index (κ1) is 18.3. The van der Waals surface area contributed by atoms with E-state index in [2.05, 4.69) is 33.9 Å². The molecular formula is C23H22ClN3O2. The number of carbonyl (C=O) groups excluding carboxylic acids is 1. The van der Waals surface area contributed by atoms with Gasteiger partial charge in [0.15, 0.2) is 11.5 Å². The van der Waals surface area contributed by atoms with Crippen molar-refractivity contribution in [3.63, 3.8) is 0 Å². The van der Waals surface area contributed by atoms with Gasteiger partial charge in [-0.3, -0.25) is 4.79 Å². The molecule has 1 fully saturated rings. The molecule has 148 valence electrons. The zero-order valence-corrected chi connectivity index (χ0v) is 16.8. The highest BCUT2D eigenvalue weighted by Crippen LogP contribution is 2.31. The van der Waals surface area contributed by atoms with Crippen molar-refractivity contribution in [1.82, 2.24) is 14.5 Å². The van der Waals surface area contributed by atoms with E-state index in [1.165, 1.54) is 10.9 Å². The molecule has 6 heteroatoms. The molecule has 1 amide bonds. The molecule has 2 aromatic carbocycles. The Bertz CT molecular complexity index is 1170. The number of hydrogen-bond donors (Lipinski definition) is 0. The summed E-state index contributed by atoms with van der Waals surface area (Å²) in [7, 11) is 0. The Morgan fingerprint density at radius 3 is 2.83 bits per heavy atom. The fourth-order valence-corrected chi connectivity index (χ4v) is 4.35. The molecule has 0 atom stereocenters. The van der Waals surface area contributed by atoms with Gasteiger partial charge in [0.1, 0.15) is 5.52 Å². The molecule has 5 rings (SSSR count). The Balaban J connectivity index is 1.19. The first-order valence-electron chi connectivity index (χ1n) is 10.0. The van der Waals surface area contributed by atoms with Gasteiger partial charge in [0, 0.05) is 48.7 Å². The van der Waals surface area contributed by atoms with E-state index in [4.69, 9.17) is 16.0 Å². The third kappa shape index (κ3) is 3.62. The van der Waals surface area contributed by atoms with Crippen LogP contribution in [0.5, 0.6) is 0 Å². The van der Waals surface area contributed by atoms with Crippen molar-refractivity contribution in [2.75, 3.05) is 13.1 Å². The van der Waals surface area contributed by atoms with Gasteiger partial charge in [-0.05, 0) is 48.6 Å². The van der Waals surface area contributed by atoms with Crippen molar-refractivity contribution in [1.29, 1.82) is 0 Å². The third-order valence-electron chi connectivity index (χ3n) is 5.81. The number of halogens is 1. The van der Waals surface area contributed by atoms with Crippen LogP contribution in [0.15, 0.2) is 59.1 Å². The smallest absolute Gasteiger partial charge is 0.224 e. The monoisotopic (exact) mass is 407 g/mol. The number of fused-ring (bicyclic) bond motifs is 2. The number of aromatic nitrogens is 2. The quantitative estimate of drug-likeness (QED) is 0.465. The third-order valence-corrected chi connectivity index (χ3v) is 6.04. The highest BCUT2D eigenvalue weighted by Gasteiger charge is 2.27. The Hall–Kier alpha value is -2.79. The molecule has 29 heavy (non-hydrogen) atoms. The normalized spacial score (nSPS) is 15.4. The van der Waals surface area contributed by atoms with E-state index in [0.717, 1.165) is 42.9 Å². The number of rotatable bonds is 4. The Labute approximate surface area is 173 Å². The first-order valence-corrected chi connectivity index (χ1v) is 10.4. The number of amides is 1. The van der Waals surface area contributed by atoms with Gasteiger partial charge in [0.2, 0.25) is 5.91 Å². The van der Waals surface area contributed by atoms with E-state index in [9.17, 15) is 4.79 Å². The van der Waals surface area contributed by atoms with Gasteiger partial charge in [-0.2, -0.15) is 0 Å². The molecule has 0 N–H and O–H groups in total. The molecule has 0 radical (unpaired) electrons. The van der Waals surface area contributed by atoms with Crippen LogP contribution < -0.4 is 0 Å². The highest BCUT2D eigenvalue weighted by atomic mass is 35.5. The predicted molar refractivity (Wildman–Crippen MR) is 114 cm³/mol. The van der Waals surface area contributed by atoms with E-state index < -0.39 is 0 Å². The number of piperidine rings is 1. The summed E-state index contributed by atoms with van der Waals surface area (Å²) in [5, 5.41) is 1.87. The second-order valence-corrected chi connectivity index (χ2v) is 8.07. The lowest BCUT2D eigenvalue weighted by Gasteiger charge is -2.30. The van der Waals surface area contributed by atoms with Crippen molar-refractivity contribution in [3.8, 4) is 0 Å². The standard InChI is InChI=1S/C23H22ClN3O2/c24-18-5-6-21-19(15-18)25-23(29-21)17-8-12-27(13-9-17)22(28)10-14-26-11-7-16-3-1-2-4-20(16)26/h1-7,11,15,17H,8-10,12-14H2. The minimum absolute atomic E-state index is 0.213. The summed E-state index contributed by atoms with van der Waals surface area (Å²) in [6, 6.07) is 15.9. The van der Waals surface area contributed by atoms with Crippen molar-refractivity contribution < 1.29 is 9.21 Å². The number of likely N-dealkylation sites (tertiary alicyclic amines) is 1. The molecule has 0 aliphatic carbocycles. The van der Waals surface area contributed by atoms with Gasteiger partial charge in [-0.25, -0.2) is 4.98 Å². The maximum atomic E-state index is 12.7. The summed E-state index contributed by atoms with van der Waals surface area (Å²) in [6.45, 7) is 2.20. The van der Waals surface area contributed by atoms with Gasteiger partial charge in [0.25, 0.3) is 0 Å². The molecule has 0 saturated carbocycles. The van der Waals surface area contributed by atoms with Crippen molar-refractivity contribution in [2.24, 2.45) is 0 Å². The van der Waals surface area contributed by atoms with Crippen LogP contribution in [0.25, 0.3) is 22.0 Å². The Morgan fingerprint density at radius 2 is 1.97 bits per heavy atom. The first-order chi connectivity index (χ1) is 14.2. The van der Waals surface area contributed by atoms with Crippen LogP contribution in [-0.2, 0) is 11.3 Å². The number of oxazole rings is 1. The van der Waals surface area contributed by atoms with Crippen LogP contribution in [0.4, 0.5) is 0 Å². The van der Waals surface area contributed by atoms with Gasteiger partial charge < -0.3 is 13.9 Å². The minimum Gasteiger partial charge on any atom is -0.440 e. The average Bonchev–Trinajstić information content (AvgIpc) is 3.36. The lowest BCUT2D eigenvalue weighted by Crippen LogP contribution is -2.38. The minimum atomic E-state index is 0.213. The largest absolute Gasteiger partial charge is 0.440 e. The summed E-state index contributed by atoms with van der Waals surface area (Å²) in [5.41, 5.74) is 2.74. The summed E-state index contributed by atoms with van der Waals surface area (Å²) >= 11 is 6.04. The second kappa shape index (κ2) is 7.56. The maximum Gasteiger partial charge on any atom is 0.224 e. The van der Waals surface area contributed by atoms with Gasteiger partial charge in [-0.15, -0.1) is 0 Å². The Morgan fingerprint density at radius 1 is 1.14 bits per heavy atom. The van der Waals surface area contributed by atoms with Gasteiger partial charge in [0.05, 0.1) is 0 Å². The molecule has 0 bridgehead atoms. The summed E-state index contributed by atoms with van der Waals surface area (Å²) in [5.74, 6) is 1.22. The van der Waals surface area contributed by atoms with Crippen LogP contribution in [0.2, 0.25) is 5.02 Å². The maximum absolute atomic E-state index is 12.7. The zero-order valence-electron chi connectivity index (χ0n) is 16.1. The second-order valence-electron chi connectivity index (χ2n) is 7.64. The molecule has 1 aliphatic heterocycles. The van der Waals surface area contributed by atoms with Crippen molar-refractivity contribution >= 4 is 39.5 Å². The lowest BCUT2D eigenvalue weighted by atomic mass is 9.96. The lowest BCUT2D eigenvalue weighted by molar-refractivity contribution is -0.132. The number of hydrogen-bond acceptors (Lipinski definition) is 3. The van der Waals surface area contributed by atoms with E-state index >= 15 is 0 Å². The summed E-state index contributed by atoms with van der Waals surface area (Å²) in [6.07, 6.45) is 4.33. The van der Waals surface area contributed by atoms with Crippen LogP contribution >= 0.6 is 11.6 Å². The fourth-order valence-electron chi connectivity index (χ4n) is 4.18. The SMILES string of the molecule is O=C(CCn1ccc2ccccc21)N1CCC(c2nc3cc(Cl)ccc3o2)CC1. The summed E-state index contributed by atoms with van der Waals surface area (Å²) < 4.78 is 8.08. The van der Waals surface area contributed by atoms with E-state index in [0.29, 0.717) is 18.0 Å². The molecule has 4 aromatic rings. The molecule has 0 unspecified atom stereocenters. The molecule has 3 heterocycles. The van der Waals surface area contributed by atoms with E-state index in [-0.39, 0.29) is 11.8 Å². The molecular weight excluding hydrogens is 386 g/mol. The van der Waals surface area contributed by atoms with Gasteiger partial charge >= 0.3 is 0 Å². The van der Waals surface area contributed by atoms with Crippen LogP contribution in [0.1, 0.15) is 31.1 Å². The van der Waals surface area contributed by atoms with Crippen LogP contribution in [0.3, 0.4) is 0 Å². The molecule has 5 nitrogen and oxygen atoms in total. The predicted octanol–water partition coefficient (Wildman–Crippen LogP) is 5.23.